The van der Waals surface area contributed by atoms with E-state index in [1.807, 2.05) is 46.4 Å². The molecule has 0 radical (unpaired) electrons. The third-order valence-corrected chi connectivity index (χ3v) is 4.16. The van der Waals surface area contributed by atoms with Gasteiger partial charge in [-0.25, -0.2) is 4.98 Å². The molecule has 0 atom stereocenters. The van der Waals surface area contributed by atoms with Crippen LogP contribution in [0.4, 0.5) is 0 Å². The normalized spacial score (nSPS) is 10.8. The maximum absolute atomic E-state index is 12.0. The van der Waals surface area contributed by atoms with E-state index >= 15 is 0 Å². The van der Waals surface area contributed by atoms with Gasteiger partial charge in [-0.1, -0.05) is 18.2 Å². The third-order valence-electron chi connectivity index (χ3n) is 3.39. The number of carbonyl (C=O) groups excluding carboxylic acids is 1. The summed E-state index contributed by atoms with van der Waals surface area (Å²) in [5, 5.41) is 4.93. The molecule has 1 amide bonds. The molecule has 0 aliphatic rings. The predicted octanol–water partition coefficient (Wildman–Crippen LogP) is 2.31. The van der Waals surface area contributed by atoms with Gasteiger partial charge in [-0.15, -0.1) is 11.3 Å². The number of hydrogen-bond donors (Lipinski definition) is 1. The highest BCUT2D eigenvalue weighted by atomic mass is 32.1. The number of rotatable bonds is 6. The van der Waals surface area contributed by atoms with Crippen molar-refractivity contribution >= 4 is 22.2 Å². The molecule has 0 aliphatic carbocycles. The number of para-hydroxylation sites is 1. The number of amides is 1. The van der Waals surface area contributed by atoms with Gasteiger partial charge in [-0.3, -0.25) is 9.20 Å². The molecule has 0 bridgehead atoms. The second kappa shape index (κ2) is 6.62. The minimum absolute atomic E-state index is 0.00878. The van der Waals surface area contributed by atoms with E-state index in [4.69, 9.17) is 4.74 Å². The Labute approximate surface area is 132 Å². The first-order valence-corrected chi connectivity index (χ1v) is 7.94. The lowest BCUT2D eigenvalue weighted by atomic mass is 10.1. The zero-order valence-electron chi connectivity index (χ0n) is 12.3. The van der Waals surface area contributed by atoms with E-state index in [-0.39, 0.29) is 5.91 Å². The van der Waals surface area contributed by atoms with E-state index in [0.717, 1.165) is 28.4 Å². The van der Waals surface area contributed by atoms with Crippen molar-refractivity contribution in [2.45, 2.75) is 12.8 Å². The Morgan fingerprint density at radius 1 is 1.41 bits per heavy atom. The molecule has 0 fully saturated rings. The summed E-state index contributed by atoms with van der Waals surface area (Å²) < 4.78 is 7.25. The summed E-state index contributed by atoms with van der Waals surface area (Å²) in [6, 6.07) is 7.57. The van der Waals surface area contributed by atoms with Crippen molar-refractivity contribution < 1.29 is 9.53 Å². The molecule has 1 N–H and O–H groups in total. The minimum atomic E-state index is -0.00878. The Bertz CT molecular complexity index is 750. The van der Waals surface area contributed by atoms with Crippen LogP contribution in [0.15, 0.2) is 42.0 Å². The number of nitrogens with zero attached hydrogens (tertiary/aromatic N) is 2. The third kappa shape index (κ3) is 3.28. The summed E-state index contributed by atoms with van der Waals surface area (Å²) in [6.45, 7) is 0.582. The maximum Gasteiger partial charge on any atom is 0.224 e. The monoisotopic (exact) mass is 315 g/mol. The van der Waals surface area contributed by atoms with Crippen molar-refractivity contribution in [3.63, 3.8) is 0 Å². The van der Waals surface area contributed by atoms with Gasteiger partial charge in [0, 0.05) is 36.3 Å². The van der Waals surface area contributed by atoms with Gasteiger partial charge in [0.1, 0.15) is 5.75 Å². The number of benzene rings is 1. The number of aromatic nitrogens is 2. The van der Waals surface area contributed by atoms with Crippen molar-refractivity contribution in [1.82, 2.24) is 14.7 Å². The summed E-state index contributed by atoms with van der Waals surface area (Å²) in [4.78, 5) is 17.5. The van der Waals surface area contributed by atoms with Crippen LogP contribution in [-0.2, 0) is 17.6 Å². The van der Waals surface area contributed by atoms with Gasteiger partial charge in [-0.05, 0) is 6.07 Å². The molecule has 0 saturated carbocycles. The maximum atomic E-state index is 12.0. The summed E-state index contributed by atoms with van der Waals surface area (Å²) in [5.74, 6) is 0.734. The first-order chi connectivity index (χ1) is 10.8. The summed E-state index contributed by atoms with van der Waals surface area (Å²) in [6.07, 6.45) is 5.03. The van der Waals surface area contributed by atoms with E-state index in [9.17, 15) is 4.79 Å². The molecule has 0 spiro atoms. The highest BCUT2D eigenvalue weighted by molar-refractivity contribution is 7.15. The quantitative estimate of drug-likeness (QED) is 0.759. The van der Waals surface area contributed by atoms with Gasteiger partial charge in [0.25, 0.3) is 0 Å². The minimum Gasteiger partial charge on any atom is -0.496 e. The molecule has 2 aromatic heterocycles. The van der Waals surface area contributed by atoms with Crippen LogP contribution < -0.4 is 10.1 Å². The lowest BCUT2D eigenvalue weighted by Crippen LogP contribution is -2.27. The lowest BCUT2D eigenvalue weighted by Gasteiger charge is -2.08. The van der Waals surface area contributed by atoms with Crippen molar-refractivity contribution in [1.29, 1.82) is 0 Å². The molecule has 22 heavy (non-hydrogen) atoms. The first-order valence-electron chi connectivity index (χ1n) is 7.06. The van der Waals surface area contributed by atoms with Crippen LogP contribution in [0.25, 0.3) is 4.96 Å². The van der Waals surface area contributed by atoms with Crippen LogP contribution in [0.3, 0.4) is 0 Å². The molecule has 0 unspecified atom stereocenters. The largest absolute Gasteiger partial charge is 0.496 e. The number of hydrogen-bond acceptors (Lipinski definition) is 4. The van der Waals surface area contributed by atoms with Crippen molar-refractivity contribution in [3.8, 4) is 5.75 Å². The number of fused-ring (bicyclic) bond motifs is 1. The SMILES string of the molecule is COc1ccccc1CC(=O)NCCc1cn2ccsc2n1. The molecule has 3 aromatic rings. The average molecular weight is 315 g/mol. The van der Waals surface area contributed by atoms with Gasteiger partial charge in [-0.2, -0.15) is 0 Å². The van der Waals surface area contributed by atoms with Crippen molar-refractivity contribution in [2.24, 2.45) is 0 Å². The molecule has 6 heteroatoms. The zero-order chi connectivity index (χ0) is 15.4. The lowest BCUT2D eigenvalue weighted by molar-refractivity contribution is -0.120. The standard InChI is InChI=1S/C16H17N3O2S/c1-21-14-5-3-2-4-12(14)10-15(20)17-7-6-13-11-19-8-9-22-16(19)18-13/h2-5,8-9,11H,6-7,10H2,1H3,(H,17,20). The molecule has 1 aromatic carbocycles. The Kier molecular flexibility index (Phi) is 4.39. The summed E-state index contributed by atoms with van der Waals surface area (Å²) >= 11 is 1.60. The Balaban J connectivity index is 1.51. The number of carbonyl (C=O) groups is 1. The van der Waals surface area contributed by atoms with Crippen molar-refractivity contribution in [3.05, 3.63) is 53.3 Å². The smallest absolute Gasteiger partial charge is 0.224 e. The van der Waals surface area contributed by atoms with Crippen LogP contribution in [0.1, 0.15) is 11.3 Å². The number of methoxy groups -OCH3 is 1. The van der Waals surface area contributed by atoms with E-state index in [1.54, 1.807) is 18.4 Å². The number of nitrogens with one attached hydrogen (secondary N) is 1. The van der Waals surface area contributed by atoms with E-state index in [2.05, 4.69) is 10.3 Å². The molecule has 0 saturated heterocycles. The summed E-state index contributed by atoms with van der Waals surface area (Å²) in [7, 11) is 1.61. The fourth-order valence-corrected chi connectivity index (χ4v) is 3.03. The molecule has 5 nitrogen and oxygen atoms in total. The number of ether oxygens (including phenoxy) is 1. The van der Waals surface area contributed by atoms with Crippen LogP contribution >= 0.6 is 11.3 Å². The molecular formula is C16H17N3O2S. The second-order valence-electron chi connectivity index (χ2n) is 4.91. The Hall–Kier alpha value is -2.34. The van der Waals surface area contributed by atoms with Crippen LogP contribution in [0, 0.1) is 0 Å². The number of imidazole rings is 1. The van der Waals surface area contributed by atoms with Crippen molar-refractivity contribution in [2.75, 3.05) is 13.7 Å². The van der Waals surface area contributed by atoms with Gasteiger partial charge in [0.05, 0.1) is 19.2 Å². The van der Waals surface area contributed by atoms with Gasteiger partial charge in [0.2, 0.25) is 5.91 Å². The molecule has 2 heterocycles. The van der Waals surface area contributed by atoms with E-state index in [0.29, 0.717) is 13.0 Å². The number of thiazole rings is 1. The van der Waals surface area contributed by atoms with Crippen LogP contribution in [0.5, 0.6) is 5.75 Å². The Morgan fingerprint density at radius 3 is 3.09 bits per heavy atom. The van der Waals surface area contributed by atoms with Gasteiger partial charge < -0.3 is 10.1 Å². The second-order valence-corrected chi connectivity index (χ2v) is 5.79. The molecule has 0 aliphatic heterocycles. The van der Waals surface area contributed by atoms with Gasteiger partial charge in [0.15, 0.2) is 4.96 Å². The van der Waals surface area contributed by atoms with Crippen LogP contribution in [0.2, 0.25) is 0 Å². The van der Waals surface area contributed by atoms with Crippen LogP contribution in [-0.4, -0.2) is 28.9 Å². The Morgan fingerprint density at radius 2 is 2.27 bits per heavy atom. The molecule has 114 valence electrons. The summed E-state index contributed by atoms with van der Waals surface area (Å²) in [5.41, 5.74) is 1.88. The predicted molar refractivity (Wildman–Crippen MR) is 86.5 cm³/mol. The molecule has 3 rings (SSSR count). The topological polar surface area (TPSA) is 55.6 Å². The average Bonchev–Trinajstić information content (AvgIpc) is 3.09. The fraction of sp³-hybridized carbons (Fsp3) is 0.250. The fourth-order valence-electron chi connectivity index (χ4n) is 2.31. The highest BCUT2D eigenvalue weighted by Gasteiger charge is 2.08. The first kappa shape index (κ1) is 14.6. The van der Waals surface area contributed by atoms with Gasteiger partial charge >= 0.3 is 0 Å². The van der Waals surface area contributed by atoms with E-state index < -0.39 is 0 Å². The molecular weight excluding hydrogens is 298 g/mol. The highest BCUT2D eigenvalue weighted by Crippen LogP contribution is 2.17. The van der Waals surface area contributed by atoms with E-state index in [1.165, 1.54) is 0 Å². The zero-order valence-corrected chi connectivity index (χ0v) is 13.1.